The van der Waals surface area contributed by atoms with E-state index in [1.54, 1.807) is 12.0 Å². The van der Waals surface area contributed by atoms with Gasteiger partial charge in [0.25, 0.3) is 0 Å². The van der Waals surface area contributed by atoms with Crippen molar-refractivity contribution in [3.63, 3.8) is 0 Å². The van der Waals surface area contributed by atoms with Crippen molar-refractivity contribution in [2.24, 2.45) is 0 Å². The first-order valence-electron chi connectivity index (χ1n) is 6.84. The van der Waals surface area contributed by atoms with Gasteiger partial charge in [-0.05, 0) is 42.0 Å². The van der Waals surface area contributed by atoms with E-state index in [4.69, 9.17) is 16.3 Å². The van der Waals surface area contributed by atoms with Crippen LogP contribution in [-0.2, 0) is 11.3 Å². The second kappa shape index (κ2) is 8.11. The summed E-state index contributed by atoms with van der Waals surface area (Å²) in [6.07, 6.45) is 0. The number of carbonyl (C=O) groups is 1. The zero-order chi connectivity index (χ0) is 15.9. The summed E-state index contributed by atoms with van der Waals surface area (Å²) in [5.74, 6) is 1.32. The Labute approximate surface area is 140 Å². The molecular formula is C17H18ClNO2S. The average molecular weight is 336 g/mol. The zero-order valence-corrected chi connectivity index (χ0v) is 14.2. The van der Waals surface area contributed by atoms with Crippen LogP contribution in [0.5, 0.6) is 5.75 Å². The minimum atomic E-state index is 0.0933. The number of benzene rings is 2. The Balaban J connectivity index is 1.84. The van der Waals surface area contributed by atoms with Crippen LogP contribution in [0.1, 0.15) is 5.56 Å². The highest BCUT2D eigenvalue weighted by molar-refractivity contribution is 8.00. The Hall–Kier alpha value is -1.65. The highest BCUT2D eigenvalue weighted by Crippen LogP contribution is 2.21. The fraction of sp³-hybridized carbons (Fsp3) is 0.235. The van der Waals surface area contributed by atoms with E-state index in [1.165, 1.54) is 11.8 Å². The smallest absolute Gasteiger partial charge is 0.232 e. The standard InChI is InChI=1S/C17H18ClNO2S/c1-19(11-13-3-7-15(21-2)8-4-13)17(20)12-22-16-9-5-14(18)6-10-16/h3-10H,11-12H2,1-2H3. The molecule has 0 saturated heterocycles. The molecular weight excluding hydrogens is 318 g/mol. The summed E-state index contributed by atoms with van der Waals surface area (Å²) in [6, 6.07) is 15.2. The lowest BCUT2D eigenvalue weighted by Gasteiger charge is -2.17. The van der Waals surface area contributed by atoms with Crippen molar-refractivity contribution in [3.05, 3.63) is 59.1 Å². The van der Waals surface area contributed by atoms with Gasteiger partial charge >= 0.3 is 0 Å². The summed E-state index contributed by atoms with van der Waals surface area (Å²) in [7, 11) is 3.45. The molecule has 3 nitrogen and oxygen atoms in total. The Bertz CT molecular complexity index is 614. The molecule has 1 amide bonds. The van der Waals surface area contributed by atoms with Gasteiger partial charge in [-0.3, -0.25) is 4.79 Å². The van der Waals surface area contributed by atoms with E-state index in [9.17, 15) is 4.79 Å². The fourth-order valence-corrected chi connectivity index (χ4v) is 2.84. The maximum absolute atomic E-state index is 12.2. The van der Waals surface area contributed by atoms with Crippen molar-refractivity contribution in [3.8, 4) is 5.75 Å². The second-order valence-corrected chi connectivity index (χ2v) is 6.33. The number of amides is 1. The van der Waals surface area contributed by atoms with E-state index in [0.717, 1.165) is 16.2 Å². The molecule has 0 aromatic heterocycles. The molecule has 2 aromatic carbocycles. The fourth-order valence-electron chi connectivity index (χ4n) is 1.88. The number of halogens is 1. The van der Waals surface area contributed by atoms with E-state index in [0.29, 0.717) is 17.3 Å². The van der Waals surface area contributed by atoms with E-state index in [-0.39, 0.29) is 5.91 Å². The number of rotatable bonds is 6. The van der Waals surface area contributed by atoms with Gasteiger partial charge in [0, 0.05) is 23.5 Å². The maximum Gasteiger partial charge on any atom is 0.232 e. The Morgan fingerprint density at radius 3 is 2.36 bits per heavy atom. The lowest BCUT2D eigenvalue weighted by Crippen LogP contribution is -2.27. The molecule has 0 radical (unpaired) electrons. The molecule has 0 bridgehead atoms. The van der Waals surface area contributed by atoms with Crippen LogP contribution in [-0.4, -0.2) is 30.7 Å². The van der Waals surface area contributed by atoms with Crippen molar-refractivity contribution < 1.29 is 9.53 Å². The van der Waals surface area contributed by atoms with Crippen molar-refractivity contribution in [2.45, 2.75) is 11.4 Å². The molecule has 0 heterocycles. The number of carbonyl (C=O) groups excluding carboxylic acids is 1. The number of methoxy groups -OCH3 is 1. The molecule has 0 saturated carbocycles. The predicted octanol–water partition coefficient (Wildman–Crippen LogP) is 4.10. The molecule has 0 N–H and O–H groups in total. The summed E-state index contributed by atoms with van der Waals surface area (Å²) in [5, 5.41) is 0.701. The van der Waals surface area contributed by atoms with Crippen LogP contribution >= 0.6 is 23.4 Å². The van der Waals surface area contributed by atoms with Gasteiger partial charge in [-0.25, -0.2) is 0 Å². The Morgan fingerprint density at radius 1 is 1.14 bits per heavy atom. The van der Waals surface area contributed by atoms with Gasteiger partial charge in [0.05, 0.1) is 12.9 Å². The molecule has 0 spiro atoms. The van der Waals surface area contributed by atoms with E-state index in [2.05, 4.69) is 0 Å². The molecule has 0 aliphatic carbocycles. The summed E-state index contributed by atoms with van der Waals surface area (Å²) >= 11 is 7.36. The maximum atomic E-state index is 12.2. The van der Waals surface area contributed by atoms with Crippen LogP contribution in [0.25, 0.3) is 0 Å². The largest absolute Gasteiger partial charge is 0.497 e. The van der Waals surface area contributed by atoms with Crippen molar-refractivity contribution in [1.82, 2.24) is 4.90 Å². The van der Waals surface area contributed by atoms with Crippen molar-refractivity contribution >= 4 is 29.3 Å². The Morgan fingerprint density at radius 2 is 1.77 bits per heavy atom. The van der Waals surface area contributed by atoms with Crippen molar-refractivity contribution in [1.29, 1.82) is 0 Å². The number of ether oxygens (including phenoxy) is 1. The minimum absolute atomic E-state index is 0.0933. The van der Waals surface area contributed by atoms with Crippen LogP contribution in [0, 0.1) is 0 Å². The monoisotopic (exact) mass is 335 g/mol. The number of thioether (sulfide) groups is 1. The topological polar surface area (TPSA) is 29.5 Å². The number of hydrogen-bond acceptors (Lipinski definition) is 3. The lowest BCUT2D eigenvalue weighted by molar-refractivity contribution is -0.127. The van der Waals surface area contributed by atoms with Crippen LogP contribution in [0.15, 0.2) is 53.4 Å². The van der Waals surface area contributed by atoms with Gasteiger partial charge in [0.15, 0.2) is 0 Å². The molecule has 2 rings (SSSR count). The SMILES string of the molecule is COc1ccc(CN(C)C(=O)CSc2ccc(Cl)cc2)cc1. The lowest BCUT2D eigenvalue weighted by atomic mass is 10.2. The van der Waals surface area contributed by atoms with Gasteiger partial charge in [-0.2, -0.15) is 0 Å². The van der Waals surface area contributed by atoms with E-state index < -0.39 is 0 Å². The van der Waals surface area contributed by atoms with Gasteiger partial charge in [-0.1, -0.05) is 23.7 Å². The van der Waals surface area contributed by atoms with Gasteiger partial charge in [-0.15, -0.1) is 11.8 Å². The van der Waals surface area contributed by atoms with Crippen LogP contribution < -0.4 is 4.74 Å². The highest BCUT2D eigenvalue weighted by Gasteiger charge is 2.10. The molecule has 116 valence electrons. The molecule has 0 fully saturated rings. The molecule has 22 heavy (non-hydrogen) atoms. The number of nitrogens with zero attached hydrogens (tertiary/aromatic N) is 1. The molecule has 2 aromatic rings. The molecule has 0 aliphatic rings. The van der Waals surface area contributed by atoms with Gasteiger partial charge < -0.3 is 9.64 Å². The normalized spacial score (nSPS) is 10.3. The van der Waals surface area contributed by atoms with Gasteiger partial charge in [0.1, 0.15) is 5.75 Å². The number of hydrogen-bond donors (Lipinski definition) is 0. The molecule has 0 unspecified atom stereocenters. The average Bonchev–Trinajstić information content (AvgIpc) is 2.54. The van der Waals surface area contributed by atoms with Crippen molar-refractivity contribution in [2.75, 3.05) is 19.9 Å². The highest BCUT2D eigenvalue weighted by atomic mass is 35.5. The quantitative estimate of drug-likeness (QED) is 0.744. The van der Waals surface area contributed by atoms with Crippen LogP contribution in [0.2, 0.25) is 5.02 Å². The molecule has 0 atom stereocenters. The third kappa shape index (κ3) is 4.97. The van der Waals surface area contributed by atoms with Crippen LogP contribution in [0.3, 0.4) is 0 Å². The summed E-state index contributed by atoms with van der Waals surface area (Å²) in [6.45, 7) is 0.587. The first-order valence-corrected chi connectivity index (χ1v) is 8.20. The van der Waals surface area contributed by atoms with E-state index >= 15 is 0 Å². The minimum Gasteiger partial charge on any atom is -0.497 e. The molecule has 5 heteroatoms. The van der Waals surface area contributed by atoms with Crippen LogP contribution in [0.4, 0.5) is 0 Å². The van der Waals surface area contributed by atoms with Gasteiger partial charge in [0.2, 0.25) is 5.91 Å². The second-order valence-electron chi connectivity index (χ2n) is 4.84. The zero-order valence-electron chi connectivity index (χ0n) is 12.6. The molecule has 0 aliphatic heterocycles. The third-order valence-electron chi connectivity index (χ3n) is 3.18. The first kappa shape index (κ1) is 16.7. The van der Waals surface area contributed by atoms with E-state index in [1.807, 2.05) is 55.6 Å². The Kier molecular flexibility index (Phi) is 6.16. The predicted molar refractivity (Wildman–Crippen MR) is 91.6 cm³/mol. The summed E-state index contributed by atoms with van der Waals surface area (Å²) in [5.41, 5.74) is 1.08. The first-order chi connectivity index (χ1) is 10.6. The third-order valence-corrected chi connectivity index (χ3v) is 4.43. The summed E-state index contributed by atoms with van der Waals surface area (Å²) in [4.78, 5) is 14.9. The summed E-state index contributed by atoms with van der Waals surface area (Å²) < 4.78 is 5.12.